The van der Waals surface area contributed by atoms with E-state index in [1.54, 1.807) is 33.5 Å². The van der Waals surface area contributed by atoms with Crippen molar-refractivity contribution in [3.8, 4) is 17.2 Å². The van der Waals surface area contributed by atoms with E-state index in [1.165, 1.54) is 6.07 Å². The van der Waals surface area contributed by atoms with Crippen LogP contribution >= 0.6 is 0 Å². The minimum Gasteiger partial charge on any atom is -0.493 e. The summed E-state index contributed by atoms with van der Waals surface area (Å²) >= 11 is 0. The molecule has 0 aliphatic heterocycles. The monoisotopic (exact) mass is 332 g/mol. The summed E-state index contributed by atoms with van der Waals surface area (Å²) in [5.41, 5.74) is 1.82. The molecule has 0 aromatic heterocycles. The first-order valence-corrected chi connectivity index (χ1v) is 7.32. The van der Waals surface area contributed by atoms with Crippen molar-refractivity contribution >= 4 is 5.69 Å². The third kappa shape index (κ3) is 3.94. The Morgan fingerprint density at radius 1 is 1.00 bits per heavy atom. The molecule has 7 nitrogen and oxygen atoms in total. The lowest BCUT2D eigenvalue weighted by molar-refractivity contribution is -0.384. The largest absolute Gasteiger partial charge is 0.493 e. The molecule has 0 spiro atoms. The van der Waals surface area contributed by atoms with Crippen LogP contribution in [0.3, 0.4) is 0 Å². The minimum atomic E-state index is -0.402. The van der Waals surface area contributed by atoms with Crippen LogP contribution in [0.15, 0.2) is 36.4 Å². The average molecular weight is 332 g/mol. The van der Waals surface area contributed by atoms with Gasteiger partial charge >= 0.3 is 0 Å². The zero-order valence-corrected chi connectivity index (χ0v) is 13.9. The van der Waals surface area contributed by atoms with Crippen molar-refractivity contribution in [2.24, 2.45) is 0 Å². The first kappa shape index (κ1) is 17.6. The van der Waals surface area contributed by atoms with Gasteiger partial charge in [0.2, 0.25) is 5.75 Å². The van der Waals surface area contributed by atoms with Gasteiger partial charge in [-0.05, 0) is 11.6 Å². The molecule has 0 amide bonds. The van der Waals surface area contributed by atoms with Crippen molar-refractivity contribution in [3.63, 3.8) is 0 Å². The average Bonchev–Trinajstić information content (AvgIpc) is 2.61. The van der Waals surface area contributed by atoms with Crippen molar-refractivity contribution < 1.29 is 19.1 Å². The number of nitrogens with zero attached hydrogens (tertiary/aromatic N) is 1. The van der Waals surface area contributed by atoms with E-state index in [0.717, 1.165) is 11.1 Å². The van der Waals surface area contributed by atoms with Crippen LogP contribution in [-0.2, 0) is 13.1 Å². The topological polar surface area (TPSA) is 82.9 Å². The van der Waals surface area contributed by atoms with Crippen molar-refractivity contribution in [1.82, 2.24) is 5.32 Å². The number of nitrogens with one attached hydrogen (secondary N) is 1. The Morgan fingerprint density at radius 2 is 1.75 bits per heavy atom. The normalized spacial score (nSPS) is 10.3. The maximum Gasteiger partial charge on any atom is 0.269 e. The Balaban J connectivity index is 2.09. The summed E-state index contributed by atoms with van der Waals surface area (Å²) in [5, 5.41) is 14.1. The minimum absolute atomic E-state index is 0.0815. The van der Waals surface area contributed by atoms with Crippen LogP contribution < -0.4 is 19.5 Å². The zero-order valence-electron chi connectivity index (χ0n) is 13.9. The van der Waals surface area contributed by atoms with Gasteiger partial charge in [0.1, 0.15) is 0 Å². The Morgan fingerprint density at radius 3 is 2.38 bits per heavy atom. The fraction of sp³-hybridized carbons (Fsp3) is 0.294. The fourth-order valence-electron chi connectivity index (χ4n) is 2.42. The second kappa shape index (κ2) is 8.16. The van der Waals surface area contributed by atoms with Crippen LogP contribution in [0.2, 0.25) is 0 Å². The van der Waals surface area contributed by atoms with Crippen molar-refractivity contribution in [3.05, 3.63) is 57.6 Å². The van der Waals surface area contributed by atoms with E-state index >= 15 is 0 Å². The zero-order chi connectivity index (χ0) is 17.5. The van der Waals surface area contributed by atoms with E-state index in [0.29, 0.717) is 30.3 Å². The lowest BCUT2D eigenvalue weighted by atomic mass is 10.1. The Labute approximate surface area is 140 Å². The molecule has 0 saturated carbocycles. The maximum absolute atomic E-state index is 10.8. The number of rotatable bonds is 8. The summed E-state index contributed by atoms with van der Waals surface area (Å²) in [4.78, 5) is 10.4. The standard InChI is InChI=1S/C17H20N2O5/c1-22-15-8-7-13(16(23-2)17(15)24-3)11-18-10-12-5-4-6-14(9-12)19(20)21/h4-9,18H,10-11H2,1-3H3. The van der Waals surface area contributed by atoms with Crippen molar-refractivity contribution in [2.75, 3.05) is 21.3 Å². The second-order valence-corrected chi connectivity index (χ2v) is 5.02. The van der Waals surface area contributed by atoms with Crippen LogP contribution in [0.1, 0.15) is 11.1 Å². The van der Waals surface area contributed by atoms with Gasteiger partial charge < -0.3 is 19.5 Å². The SMILES string of the molecule is COc1ccc(CNCc2cccc([N+](=O)[O-])c2)c(OC)c1OC. The van der Waals surface area contributed by atoms with Gasteiger partial charge in [0.15, 0.2) is 11.5 Å². The fourth-order valence-corrected chi connectivity index (χ4v) is 2.42. The summed E-state index contributed by atoms with van der Waals surface area (Å²) in [7, 11) is 4.69. The highest BCUT2D eigenvalue weighted by molar-refractivity contribution is 5.55. The summed E-state index contributed by atoms with van der Waals surface area (Å²) in [6, 6.07) is 10.2. The van der Waals surface area contributed by atoms with E-state index in [2.05, 4.69) is 5.32 Å². The number of nitro benzene ring substituents is 1. The number of hydrogen-bond donors (Lipinski definition) is 1. The smallest absolute Gasteiger partial charge is 0.269 e. The second-order valence-electron chi connectivity index (χ2n) is 5.02. The summed E-state index contributed by atoms with van der Waals surface area (Å²) < 4.78 is 16.0. The van der Waals surface area contributed by atoms with Gasteiger partial charge in [0.05, 0.1) is 26.3 Å². The maximum atomic E-state index is 10.8. The van der Waals surface area contributed by atoms with Crippen molar-refractivity contribution in [1.29, 1.82) is 0 Å². The van der Waals surface area contributed by atoms with E-state index in [1.807, 2.05) is 18.2 Å². The highest BCUT2D eigenvalue weighted by atomic mass is 16.6. The molecule has 0 radical (unpaired) electrons. The number of nitro groups is 1. The molecule has 0 atom stereocenters. The van der Waals surface area contributed by atoms with Gasteiger partial charge in [0.25, 0.3) is 5.69 Å². The van der Waals surface area contributed by atoms with Crippen molar-refractivity contribution in [2.45, 2.75) is 13.1 Å². The van der Waals surface area contributed by atoms with Gasteiger partial charge in [-0.3, -0.25) is 10.1 Å². The number of hydrogen-bond acceptors (Lipinski definition) is 6. The Bertz CT molecular complexity index is 718. The van der Waals surface area contributed by atoms with Gasteiger partial charge in [-0.25, -0.2) is 0 Å². The van der Waals surface area contributed by atoms with Crippen LogP contribution in [-0.4, -0.2) is 26.3 Å². The number of non-ortho nitro benzene ring substituents is 1. The number of ether oxygens (including phenoxy) is 3. The van der Waals surface area contributed by atoms with E-state index in [4.69, 9.17) is 14.2 Å². The molecule has 0 saturated heterocycles. The molecule has 0 bridgehead atoms. The predicted molar refractivity (Wildman–Crippen MR) is 89.7 cm³/mol. The number of methoxy groups -OCH3 is 3. The molecule has 2 aromatic carbocycles. The van der Waals surface area contributed by atoms with E-state index in [-0.39, 0.29) is 5.69 Å². The third-order valence-electron chi connectivity index (χ3n) is 3.55. The quantitative estimate of drug-likeness (QED) is 0.591. The molecule has 0 aliphatic carbocycles. The van der Waals surface area contributed by atoms with E-state index < -0.39 is 4.92 Å². The number of benzene rings is 2. The molecule has 0 heterocycles. The van der Waals surface area contributed by atoms with Crippen LogP contribution in [0.4, 0.5) is 5.69 Å². The Kier molecular flexibility index (Phi) is 5.97. The van der Waals surface area contributed by atoms with Gasteiger partial charge in [0, 0.05) is 30.8 Å². The lowest BCUT2D eigenvalue weighted by Crippen LogP contribution is -2.14. The first-order valence-electron chi connectivity index (χ1n) is 7.32. The van der Waals surface area contributed by atoms with Crippen LogP contribution in [0, 0.1) is 10.1 Å². The summed E-state index contributed by atoms with van der Waals surface area (Å²) in [5.74, 6) is 1.73. The highest BCUT2D eigenvalue weighted by Crippen LogP contribution is 2.39. The highest BCUT2D eigenvalue weighted by Gasteiger charge is 2.15. The van der Waals surface area contributed by atoms with Gasteiger partial charge in [-0.15, -0.1) is 0 Å². The van der Waals surface area contributed by atoms with E-state index in [9.17, 15) is 10.1 Å². The molecule has 0 unspecified atom stereocenters. The molecule has 128 valence electrons. The summed E-state index contributed by atoms with van der Waals surface area (Å²) in [6.45, 7) is 1.02. The molecular formula is C17H20N2O5. The van der Waals surface area contributed by atoms with Gasteiger partial charge in [-0.1, -0.05) is 18.2 Å². The predicted octanol–water partition coefficient (Wildman–Crippen LogP) is 2.91. The van der Waals surface area contributed by atoms with Crippen LogP contribution in [0.5, 0.6) is 17.2 Å². The molecule has 24 heavy (non-hydrogen) atoms. The Hall–Kier alpha value is -2.80. The molecule has 2 rings (SSSR count). The molecule has 0 aliphatic rings. The third-order valence-corrected chi connectivity index (χ3v) is 3.55. The molecule has 7 heteroatoms. The van der Waals surface area contributed by atoms with Gasteiger partial charge in [-0.2, -0.15) is 0 Å². The first-order chi connectivity index (χ1) is 11.6. The van der Waals surface area contributed by atoms with Crippen LogP contribution in [0.25, 0.3) is 0 Å². The molecule has 1 N–H and O–H groups in total. The summed E-state index contributed by atoms with van der Waals surface area (Å²) in [6.07, 6.45) is 0. The lowest BCUT2D eigenvalue weighted by Gasteiger charge is -2.16. The molecular weight excluding hydrogens is 312 g/mol. The molecule has 0 fully saturated rings. The molecule has 2 aromatic rings.